The molecule has 0 spiro atoms. The molecule has 0 radical (unpaired) electrons. The van der Waals surface area contributed by atoms with Crippen molar-refractivity contribution in [3.05, 3.63) is 57.8 Å². The molecule has 3 heterocycles. The van der Waals surface area contributed by atoms with Crippen molar-refractivity contribution >= 4 is 34.0 Å². The highest BCUT2D eigenvalue weighted by molar-refractivity contribution is 8.13. The minimum Gasteiger partial charge on any atom is -0.369 e. The molecule has 0 saturated heterocycles. The van der Waals surface area contributed by atoms with E-state index in [1.54, 1.807) is 0 Å². The summed E-state index contributed by atoms with van der Waals surface area (Å²) >= 11 is 2.93. The number of aliphatic imine (C=N–C) groups is 1. The molecule has 4 rings (SSSR count). The van der Waals surface area contributed by atoms with Crippen LogP contribution in [0.2, 0.25) is 0 Å². The van der Waals surface area contributed by atoms with E-state index in [0.29, 0.717) is 22.4 Å². The van der Waals surface area contributed by atoms with Crippen molar-refractivity contribution < 1.29 is 5.11 Å². The number of amidine groups is 1. The summed E-state index contributed by atoms with van der Waals surface area (Å²) in [7, 11) is 0. The maximum Gasteiger partial charge on any atom is 0.204 e. The second-order valence-corrected chi connectivity index (χ2v) is 7.45. The van der Waals surface area contributed by atoms with Gasteiger partial charge in [-0.15, -0.1) is 21.5 Å². The molecule has 0 bridgehead atoms. The summed E-state index contributed by atoms with van der Waals surface area (Å²) in [5.41, 5.74) is 2.66. The van der Waals surface area contributed by atoms with Gasteiger partial charge >= 0.3 is 0 Å². The molecule has 1 aliphatic rings. The molecule has 3 aromatic rings. The largest absolute Gasteiger partial charge is 0.369 e. The number of rotatable bonds is 4. The number of nitrogens with zero attached hydrogens (tertiary/aromatic N) is 5. The molecule has 1 aromatic carbocycles. The molecule has 1 unspecified atom stereocenters. The van der Waals surface area contributed by atoms with Gasteiger partial charge in [-0.3, -0.25) is 0 Å². The fourth-order valence-electron chi connectivity index (χ4n) is 2.54. The number of aliphatic hydroxyl groups excluding tert-OH is 1. The Morgan fingerprint density at radius 3 is 2.96 bits per heavy atom. The van der Waals surface area contributed by atoms with Crippen LogP contribution in [0.4, 0.5) is 0 Å². The Hall–Kier alpha value is -3.00. The number of benzene rings is 1. The molecular weight excluding hydrogens is 382 g/mol. The van der Waals surface area contributed by atoms with Crippen molar-refractivity contribution in [1.29, 1.82) is 5.26 Å². The molecule has 3 N–H and O–H groups in total. The highest BCUT2D eigenvalue weighted by Crippen LogP contribution is 2.30. The van der Waals surface area contributed by atoms with Crippen molar-refractivity contribution in [2.24, 2.45) is 4.99 Å². The number of nitrogens with one attached hydrogen (secondary N) is 2. The minimum atomic E-state index is -1.07. The molecule has 1 aliphatic heterocycles. The van der Waals surface area contributed by atoms with E-state index in [-0.39, 0.29) is 5.57 Å². The highest BCUT2D eigenvalue weighted by Gasteiger charge is 2.24. The lowest BCUT2D eigenvalue weighted by atomic mass is 10.1. The number of thiophene rings is 1. The molecule has 8 nitrogen and oxygen atoms in total. The number of nitriles is 1. The zero-order valence-electron chi connectivity index (χ0n) is 13.8. The maximum atomic E-state index is 10.3. The third-order valence-electron chi connectivity index (χ3n) is 3.78. The van der Waals surface area contributed by atoms with Crippen LogP contribution in [0.15, 0.2) is 52.3 Å². The van der Waals surface area contributed by atoms with Gasteiger partial charge in [-0.2, -0.15) is 10.5 Å². The SMILES string of the molecule is N#CC1=C(c2cccs2)N=C(SCc2cccc(-c3nn[nH]n3)c2)NC1O. The van der Waals surface area contributed by atoms with Crippen LogP contribution >= 0.6 is 23.1 Å². The van der Waals surface area contributed by atoms with Crippen LogP contribution in [-0.4, -0.2) is 37.1 Å². The second-order valence-electron chi connectivity index (χ2n) is 5.54. The summed E-state index contributed by atoms with van der Waals surface area (Å²) < 4.78 is 0. The van der Waals surface area contributed by atoms with Gasteiger partial charge in [-0.1, -0.05) is 36.0 Å². The van der Waals surface area contributed by atoms with Crippen molar-refractivity contribution in [1.82, 2.24) is 25.9 Å². The van der Waals surface area contributed by atoms with Crippen molar-refractivity contribution in [3.63, 3.8) is 0 Å². The topological polar surface area (TPSA) is 123 Å². The smallest absolute Gasteiger partial charge is 0.204 e. The van der Waals surface area contributed by atoms with E-state index in [1.165, 1.54) is 23.1 Å². The van der Waals surface area contributed by atoms with E-state index in [2.05, 4.69) is 30.9 Å². The van der Waals surface area contributed by atoms with Gasteiger partial charge in [0.2, 0.25) is 5.82 Å². The summed E-state index contributed by atoms with van der Waals surface area (Å²) in [6.07, 6.45) is -1.07. The van der Waals surface area contributed by atoms with E-state index < -0.39 is 6.23 Å². The molecule has 2 aromatic heterocycles. The zero-order chi connectivity index (χ0) is 18.6. The third kappa shape index (κ3) is 3.75. The van der Waals surface area contributed by atoms with Crippen molar-refractivity contribution in [2.45, 2.75) is 12.0 Å². The lowest BCUT2D eigenvalue weighted by Crippen LogP contribution is -2.37. The molecule has 134 valence electrons. The summed E-state index contributed by atoms with van der Waals surface area (Å²) in [5.74, 6) is 1.16. The van der Waals surface area contributed by atoms with Crippen molar-refractivity contribution in [2.75, 3.05) is 0 Å². The summed E-state index contributed by atoms with van der Waals surface area (Å²) in [4.78, 5) is 5.40. The number of aliphatic hydroxyl groups is 1. The monoisotopic (exact) mass is 395 g/mol. The number of hydrogen-bond donors (Lipinski definition) is 3. The Labute approximate surface area is 162 Å². The van der Waals surface area contributed by atoms with E-state index in [9.17, 15) is 10.4 Å². The van der Waals surface area contributed by atoms with Gasteiger partial charge < -0.3 is 10.4 Å². The zero-order valence-corrected chi connectivity index (χ0v) is 15.5. The molecule has 0 saturated carbocycles. The van der Waals surface area contributed by atoms with Crippen LogP contribution < -0.4 is 5.32 Å². The van der Waals surface area contributed by atoms with E-state index in [4.69, 9.17) is 0 Å². The lowest BCUT2D eigenvalue weighted by molar-refractivity contribution is 0.201. The van der Waals surface area contributed by atoms with Crippen LogP contribution in [0.5, 0.6) is 0 Å². The van der Waals surface area contributed by atoms with Gasteiger partial charge in [0.25, 0.3) is 0 Å². The summed E-state index contributed by atoms with van der Waals surface area (Å²) in [5, 5.41) is 39.0. The minimum absolute atomic E-state index is 0.223. The second kappa shape index (κ2) is 7.71. The number of H-pyrrole nitrogens is 1. The fraction of sp³-hybridized carbons (Fsp3) is 0.118. The van der Waals surface area contributed by atoms with Crippen LogP contribution in [0.25, 0.3) is 17.1 Å². The maximum absolute atomic E-state index is 10.3. The van der Waals surface area contributed by atoms with Gasteiger partial charge in [-0.25, -0.2) is 4.99 Å². The van der Waals surface area contributed by atoms with E-state index >= 15 is 0 Å². The summed E-state index contributed by atoms with van der Waals surface area (Å²) in [6, 6.07) is 13.6. The fourth-order valence-corrected chi connectivity index (χ4v) is 4.10. The van der Waals surface area contributed by atoms with Crippen LogP contribution in [0, 0.1) is 11.3 Å². The Kier molecular flexibility index (Phi) is 4.97. The van der Waals surface area contributed by atoms with Crippen molar-refractivity contribution in [3.8, 4) is 17.5 Å². The summed E-state index contributed by atoms with van der Waals surface area (Å²) in [6.45, 7) is 0. The molecule has 1 atom stereocenters. The number of hydrogen-bond acceptors (Lipinski definition) is 9. The molecule has 0 aliphatic carbocycles. The van der Waals surface area contributed by atoms with Gasteiger partial charge in [0.15, 0.2) is 11.4 Å². The molecule has 10 heteroatoms. The Bertz CT molecular complexity index is 1040. The number of tetrazole rings is 1. The van der Waals surface area contributed by atoms with E-state index in [0.717, 1.165) is 16.0 Å². The first-order valence-electron chi connectivity index (χ1n) is 7.91. The molecule has 0 fully saturated rings. The number of aromatic nitrogens is 4. The van der Waals surface area contributed by atoms with E-state index in [1.807, 2.05) is 47.8 Å². The Balaban J connectivity index is 1.54. The van der Waals surface area contributed by atoms with Gasteiger partial charge in [0, 0.05) is 11.3 Å². The molecule has 0 amide bonds. The van der Waals surface area contributed by atoms with Crippen LogP contribution in [-0.2, 0) is 5.75 Å². The van der Waals surface area contributed by atoms with Crippen LogP contribution in [0.3, 0.4) is 0 Å². The number of aromatic amines is 1. The predicted molar refractivity (Wildman–Crippen MR) is 104 cm³/mol. The van der Waals surface area contributed by atoms with Gasteiger partial charge in [-0.05, 0) is 28.3 Å². The Morgan fingerprint density at radius 1 is 1.30 bits per heavy atom. The third-order valence-corrected chi connectivity index (χ3v) is 5.62. The molecular formula is C17H13N7OS2. The normalized spacial score (nSPS) is 16.6. The standard InChI is InChI=1S/C17H13N7OS2/c18-8-12-14(13-5-2-6-26-13)19-17(20-16(12)25)27-9-10-3-1-4-11(7-10)15-21-23-24-22-15/h1-7,16,25H,9H2,(H,19,20)(H,21,22,23,24). The lowest BCUT2D eigenvalue weighted by Gasteiger charge is -2.21. The number of thioether (sulfide) groups is 1. The van der Waals surface area contributed by atoms with Gasteiger partial charge in [0.1, 0.15) is 17.3 Å². The van der Waals surface area contributed by atoms with Gasteiger partial charge in [0.05, 0.1) is 4.88 Å². The Morgan fingerprint density at radius 2 is 2.22 bits per heavy atom. The first-order chi connectivity index (χ1) is 13.2. The predicted octanol–water partition coefficient (Wildman–Crippen LogP) is 2.37. The average Bonchev–Trinajstić information content (AvgIpc) is 3.40. The highest BCUT2D eigenvalue weighted by atomic mass is 32.2. The average molecular weight is 395 g/mol. The first-order valence-corrected chi connectivity index (χ1v) is 9.78. The quantitative estimate of drug-likeness (QED) is 0.620. The first kappa shape index (κ1) is 17.4. The van der Waals surface area contributed by atoms with Crippen LogP contribution in [0.1, 0.15) is 10.4 Å². The molecule has 27 heavy (non-hydrogen) atoms.